The molecule has 0 bridgehead atoms. The molecule has 0 spiro atoms. The van der Waals surface area contributed by atoms with Crippen LogP contribution in [0.15, 0.2) is 22.9 Å². The van der Waals surface area contributed by atoms with Crippen LogP contribution in [0.3, 0.4) is 0 Å². The van der Waals surface area contributed by atoms with Gasteiger partial charge in [-0.2, -0.15) is 0 Å². The fraction of sp³-hybridized carbons (Fsp3) is 0.500. The Morgan fingerprint density at radius 3 is 2.82 bits per heavy atom. The molecule has 1 aliphatic rings. The first-order valence-corrected chi connectivity index (χ1v) is 6.50. The number of aromatic nitrogens is 1. The van der Waals surface area contributed by atoms with Crippen molar-refractivity contribution in [2.24, 2.45) is 0 Å². The van der Waals surface area contributed by atoms with Gasteiger partial charge in [-0.15, -0.1) is 0 Å². The van der Waals surface area contributed by atoms with Gasteiger partial charge in [-0.1, -0.05) is 12.8 Å². The molecule has 0 atom stereocenters. The van der Waals surface area contributed by atoms with Crippen LogP contribution in [0, 0.1) is 0 Å². The van der Waals surface area contributed by atoms with Crippen LogP contribution in [0.25, 0.3) is 0 Å². The standard InChI is InChI=1S/C12H15BrN2O2/c13-10-5-9(6-14-7-10)11(16)15-8-12(17)3-1-2-4-12/h5-7,17H,1-4,8H2,(H,15,16). The Morgan fingerprint density at radius 1 is 1.47 bits per heavy atom. The van der Waals surface area contributed by atoms with Gasteiger partial charge in [-0.05, 0) is 34.8 Å². The second kappa shape index (κ2) is 5.14. The van der Waals surface area contributed by atoms with Gasteiger partial charge in [0.1, 0.15) is 0 Å². The number of nitrogens with one attached hydrogen (secondary N) is 1. The quantitative estimate of drug-likeness (QED) is 0.896. The van der Waals surface area contributed by atoms with E-state index in [9.17, 15) is 9.90 Å². The molecule has 0 aliphatic heterocycles. The van der Waals surface area contributed by atoms with E-state index in [1.807, 2.05) is 0 Å². The van der Waals surface area contributed by atoms with Crippen LogP contribution in [-0.2, 0) is 0 Å². The third-order valence-corrected chi connectivity index (χ3v) is 3.51. The van der Waals surface area contributed by atoms with Crippen molar-refractivity contribution in [2.75, 3.05) is 6.54 Å². The van der Waals surface area contributed by atoms with Gasteiger partial charge in [-0.25, -0.2) is 0 Å². The van der Waals surface area contributed by atoms with Gasteiger partial charge in [-0.3, -0.25) is 9.78 Å². The second-order valence-corrected chi connectivity index (χ2v) is 5.42. The number of aliphatic hydroxyl groups is 1. The van der Waals surface area contributed by atoms with Gasteiger partial charge in [0.25, 0.3) is 5.91 Å². The monoisotopic (exact) mass is 298 g/mol. The maximum atomic E-state index is 11.8. The summed E-state index contributed by atoms with van der Waals surface area (Å²) in [6.07, 6.45) is 6.74. The molecule has 0 aromatic carbocycles. The maximum Gasteiger partial charge on any atom is 0.252 e. The molecule has 2 rings (SSSR count). The van der Waals surface area contributed by atoms with Gasteiger partial charge < -0.3 is 10.4 Å². The molecule has 1 saturated carbocycles. The first-order valence-electron chi connectivity index (χ1n) is 5.70. The van der Waals surface area contributed by atoms with Crippen LogP contribution in [0.5, 0.6) is 0 Å². The van der Waals surface area contributed by atoms with Crippen LogP contribution in [0.2, 0.25) is 0 Å². The minimum atomic E-state index is -0.713. The lowest BCUT2D eigenvalue weighted by atomic mass is 10.0. The minimum absolute atomic E-state index is 0.195. The number of nitrogens with zero attached hydrogens (tertiary/aromatic N) is 1. The van der Waals surface area contributed by atoms with Gasteiger partial charge >= 0.3 is 0 Å². The summed E-state index contributed by atoms with van der Waals surface area (Å²) in [4.78, 5) is 15.7. The molecule has 0 radical (unpaired) electrons. The van der Waals surface area contributed by atoms with E-state index >= 15 is 0 Å². The highest BCUT2D eigenvalue weighted by atomic mass is 79.9. The molecular weight excluding hydrogens is 284 g/mol. The lowest BCUT2D eigenvalue weighted by Gasteiger charge is -2.22. The molecule has 0 saturated heterocycles. The molecule has 4 nitrogen and oxygen atoms in total. The van der Waals surface area contributed by atoms with Crippen molar-refractivity contribution in [3.8, 4) is 0 Å². The topological polar surface area (TPSA) is 62.2 Å². The normalized spacial score (nSPS) is 18.0. The van der Waals surface area contributed by atoms with Gasteiger partial charge in [0.2, 0.25) is 0 Å². The molecule has 0 unspecified atom stereocenters. The number of amides is 1. The summed E-state index contributed by atoms with van der Waals surface area (Å²) in [5, 5.41) is 12.9. The van der Waals surface area contributed by atoms with Crippen LogP contribution in [0.1, 0.15) is 36.0 Å². The highest BCUT2D eigenvalue weighted by molar-refractivity contribution is 9.10. The van der Waals surface area contributed by atoms with Crippen molar-refractivity contribution in [3.05, 3.63) is 28.5 Å². The largest absolute Gasteiger partial charge is 0.388 e. The zero-order valence-corrected chi connectivity index (χ0v) is 11.0. The summed E-state index contributed by atoms with van der Waals surface area (Å²) in [7, 11) is 0. The number of hydrogen-bond donors (Lipinski definition) is 2. The van der Waals surface area contributed by atoms with Gasteiger partial charge in [0.05, 0.1) is 11.2 Å². The number of carbonyl (C=O) groups is 1. The molecule has 1 fully saturated rings. The molecule has 92 valence electrons. The van der Waals surface area contributed by atoms with Gasteiger partial charge in [0.15, 0.2) is 0 Å². The summed E-state index contributed by atoms with van der Waals surface area (Å²) >= 11 is 3.27. The van der Waals surface area contributed by atoms with Crippen LogP contribution in [0.4, 0.5) is 0 Å². The van der Waals surface area contributed by atoms with E-state index in [1.165, 1.54) is 6.20 Å². The third-order valence-electron chi connectivity index (χ3n) is 3.08. The number of halogens is 1. The fourth-order valence-corrected chi connectivity index (χ4v) is 2.46. The van der Waals surface area contributed by atoms with Crippen LogP contribution in [-0.4, -0.2) is 28.1 Å². The summed E-state index contributed by atoms with van der Waals surface area (Å²) in [6.45, 7) is 0.318. The highest BCUT2D eigenvalue weighted by Crippen LogP contribution is 2.28. The maximum absolute atomic E-state index is 11.8. The van der Waals surface area contributed by atoms with Crippen molar-refractivity contribution < 1.29 is 9.90 Å². The summed E-state index contributed by atoms with van der Waals surface area (Å²) < 4.78 is 0.768. The zero-order valence-electron chi connectivity index (χ0n) is 9.45. The number of hydrogen-bond acceptors (Lipinski definition) is 3. The Kier molecular flexibility index (Phi) is 3.79. The van der Waals surface area contributed by atoms with Crippen LogP contribution >= 0.6 is 15.9 Å². The van der Waals surface area contributed by atoms with Gasteiger partial charge in [0, 0.05) is 23.4 Å². The Balaban J connectivity index is 1.93. The van der Waals surface area contributed by atoms with E-state index in [-0.39, 0.29) is 5.91 Å². The molecule has 1 aromatic rings. The predicted molar refractivity (Wildman–Crippen MR) is 67.7 cm³/mol. The Hall–Kier alpha value is -0.940. The lowest BCUT2D eigenvalue weighted by Crippen LogP contribution is -2.40. The van der Waals surface area contributed by atoms with E-state index in [2.05, 4.69) is 26.2 Å². The fourth-order valence-electron chi connectivity index (χ4n) is 2.09. The number of rotatable bonds is 3. The molecule has 17 heavy (non-hydrogen) atoms. The van der Waals surface area contributed by atoms with E-state index in [4.69, 9.17) is 0 Å². The summed E-state index contributed by atoms with van der Waals surface area (Å²) in [5.41, 5.74) is -0.212. The van der Waals surface area contributed by atoms with Crippen molar-refractivity contribution in [2.45, 2.75) is 31.3 Å². The molecule has 2 N–H and O–H groups in total. The molecule has 5 heteroatoms. The summed E-state index contributed by atoms with van der Waals surface area (Å²) in [6, 6.07) is 1.71. The Bertz CT molecular complexity index is 417. The average molecular weight is 299 g/mol. The predicted octanol–water partition coefficient (Wildman–Crippen LogP) is 1.88. The van der Waals surface area contributed by atoms with E-state index in [1.54, 1.807) is 12.3 Å². The Labute approximate surface area is 109 Å². The first kappa shape index (κ1) is 12.5. The molecule has 1 amide bonds. The Morgan fingerprint density at radius 2 is 2.18 bits per heavy atom. The molecule has 1 aromatic heterocycles. The molecule has 1 heterocycles. The molecule has 1 aliphatic carbocycles. The highest BCUT2D eigenvalue weighted by Gasteiger charge is 2.31. The lowest BCUT2D eigenvalue weighted by molar-refractivity contribution is 0.0449. The van der Waals surface area contributed by atoms with Crippen molar-refractivity contribution in [1.82, 2.24) is 10.3 Å². The van der Waals surface area contributed by atoms with Crippen LogP contribution < -0.4 is 5.32 Å². The van der Waals surface area contributed by atoms with Crippen molar-refractivity contribution in [1.29, 1.82) is 0 Å². The minimum Gasteiger partial charge on any atom is -0.388 e. The average Bonchev–Trinajstić information content (AvgIpc) is 2.74. The number of carbonyl (C=O) groups excluding carboxylic acids is 1. The second-order valence-electron chi connectivity index (χ2n) is 4.51. The SMILES string of the molecule is O=C(NCC1(O)CCCC1)c1cncc(Br)c1. The zero-order chi connectivity index (χ0) is 12.3. The molecular formula is C12H15BrN2O2. The third kappa shape index (κ3) is 3.26. The van der Waals surface area contributed by atoms with E-state index in [0.29, 0.717) is 12.1 Å². The smallest absolute Gasteiger partial charge is 0.252 e. The summed E-state index contributed by atoms with van der Waals surface area (Å²) in [5.74, 6) is -0.195. The van der Waals surface area contributed by atoms with Crippen molar-refractivity contribution in [3.63, 3.8) is 0 Å². The van der Waals surface area contributed by atoms with Crippen molar-refractivity contribution >= 4 is 21.8 Å². The van der Waals surface area contributed by atoms with E-state index in [0.717, 1.165) is 30.2 Å². The first-order chi connectivity index (χ1) is 8.09. The number of pyridine rings is 1. The van der Waals surface area contributed by atoms with E-state index < -0.39 is 5.60 Å².